The van der Waals surface area contributed by atoms with Crippen molar-refractivity contribution >= 4 is 11.6 Å². The van der Waals surface area contributed by atoms with E-state index < -0.39 is 0 Å². The van der Waals surface area contributed by atoms with E-state index in [0.717, 1.165) is 0 Å². The lowest BCUT2D eigenvalue weighted by Crippen LogP contribution is -2.06. The number of methoxy groups -OCH3 is 1. The van der Waals surface area contributed by atoms with Crippen LogP contribution in [0.2, 0.25) is 5.02 Å². The first-order valence-corrected chi connectivity index (χ1v) is 6.89. The Morgan fingerprint density at radius 3 is 2.87 bits per heavy atom. The largest absolute Gasteiger partial charge is 0.495 e. The molecule has 0 unspecified atom stereocenters. The summed E-state index contributed by atoms with van der Waals surface area (Å²) in [5, 5.41) is 17.1. The SMILES string of the molecule is COc1c[nH]c(=O)cc1-c1cc(Cl)ccc1-n1cc(C#N)nn1. The molecule has 0 radical (unpaired) electrons. The van der Waals surface area contributed by atoms with E-state index in [1.165, 1.54) is 30.3 Å². The Kier molecular flexibility index (Phi) is 3.83. The van der Waals surface area contributed by atoms with E-state index in [4.69, 9.17) is 21.6 Å². The van der Waals surface area contributed by atoms with Gasteiger partial charge in [0.05, 0.1) is 19.0 Å². The second-order valence-corrected chi connectivity index (χ2v) is 5.04. The lowest BCUT2D eigenvalue weighted by molar-refractivity contribution is 0.414. The van der Waals surface area contributed by atoms with Crippen LogP contribution in [0.25, 0.3) is 16.8 Å². The first-order chi connectivity index (χ1) is 11.1. The van der Waals surface area contributed by atoms with Crippen LogP contribution in [0.4, 0.5) is 0 Å². The summed E-state index contributed by atoms with van der Waals surface area (Å²) >= 11 is 6.10. The van der Waals surface area contributed by atoms with Crippen molar-refractivity contribution in [1.29, 1.82) is 5.26 Å². The highest BCUT2D eigenvalue weighted by atomic mass is 35.5. The van der Waals surface area contributed by atoms with Crippen molar-refractivity contribution < 1.29 is 4.74 Å². The van der Waals surface area contributed by atoms with Crippen LogP contribution < -0.4 is 10.3 Å². The highest BCUT2D eigenvalue weighted by molar-refractivity contribution is 6.31. The molecular weight excluding hydrogens is 318 g/mol. The lowest BCUT2D eigenvalue weighted by Gasteiger charge is -2.12. The number of nitriles is 1. The van der Waals surface area contributed by atoms with Crippen molar-refractivity contribution in [1.82, 2.24) is 20.0 Å². The Balaban J connectivity index is 2.27. The predicted molar refractivity (Wildman–Crippen MR) is 83.7 cm³/mol. The Labute approximate surface area is 135 Å². The van der Waals surface area contributed by atoms with Crippen molar-refractivity contribution in [2.24, 2.45) is 0 Å². The number of ether oxygens (including phenoxy) is 1. The van der Waals surface area contributed by atoms with E-state index in [2.05, 4.69) is 15.3 Å². The van der Waals surface area contributed by atoms with E-state index in [1.54, 1.807) is 18.2 Å². The Hall–Kier alpha value is -3.11. The van der Waals surface area contributed by atoms with Crippen molar-refractivity contribution in [2.75, 3.05) is 7.11 Å². The van der Waals surface area contributed by atoms with Crippen molar-refractivity contribution in [2.45, 2.75) is 0 Å². The molecule has 0 amide bonds. The molecule has 1 aromatic carbocycles. The molecule has 0 spiro atoms. The third-order valence-electron chi connectivity index (χ3n) is 3.21. The van der Waals surface area contributed by atoms with Crippen molar-refractivity contribution in [3.8, 4) is 28.6 Å². The fourth-order valence-corrected chi connectivity index (χ4v) is 2.37. The predicted octanol–water partition coefficient (Wildman–Crippen LogP) is 2.16. The molecule has 0 aliphatic carbocycles. The second kappa shape index (κ2) is 5.94. The molecule has 3 aromatic rings. The van der Waals surface area contributed by atoms with E-state index in [9.17, 15) is 4.79 Å². The minimum absolute atomic E-state index is 0.184. The summed E-state index contributed by atoms with van der Waals surface area (Å²) < 4.78 is 6.75. The monoisotopic (exact) mass is 327 g/mol. The van der Waals surface area contributed by atoms with Gasteiger partial charge in [-0.05, 0) is 18.2 Å². The van der Waals surface area contributed by atoms with Gasteiger partial charge in [-0.1, -0.05) is 16.8 Å². The Bertz CT molecular complexity index is 970. The number of aromatic nitrogens is 4. The number of pyridine rings is 1. The normalized spacial score (nSPS) is 10.3. The average molecular weight is 328 g/mol. The quantitative estimate of drug-likeness (QED) is 0.795. The van der Waals surface area contributed by atoms with Crippen molar-refractivity contribution in [3.05, 3.63) is 57.7 Å². The number of rotatable bonds is 3. The first-order valence-electron chi connectivity index (χ1n) is 6.52. The molecule has 3 rings (SSSR count). The number of H-pyrrole nitrogens is 1. The summed E-state index contributed by atoms with van der Waals surface area (Å²) in [5.41, 5.74) is 1.72. The van der Waals surface area contributed by atoms with Gasteiger partial charge in [-0.15, -0.1) is 5.10 Å². The number of aromatic amines is 1. The molecule has 0 fully saturated rings. The number of nitrogens with one attached hydrogen (secondary N) is 1. The molecule has 8 heteroatoms. The van der Waals surface area contributed by atoms with E-state index in [0.29, 0.717) is 27.6 Å². The van der Waals surface area contributed by atoms with Gasteiger partial charge in [-0.3, -0.25) is 4.79 Å². The van der Waals surface area contributed by atoms with E-state index in [1.807, 2.05) is 6.07 Å². The molecule has 2 heterocycles. The van der Waals surface area contributed by atoms with Gasteiger partial charge in [0.2, 0.25) is 5.56 Å². The minimum atomic E-state index is -0.275. The number of halogens is 1. The molecule has 0 saturated carbocycles. The van der Waals surface area contributed by atoms with E-state index in [-0.39, 0.29) is 11.3 Å². The van der Waals surface area contributed by atoms with Gasteiger partial charge >= 0.3 is 0 Å². The molecule has 0 aliphatic heterocycles. The highest BCUT2D eigenvalue weighted by Gasteiger charge is 2.15. The summed E-state index contributed by atoms with van der Waals surface area (Å²) in [6, 6.07) is 8.45. The van der Waals surface area contributed by atoms with Crippen LogP contribution in [-0.4, -0.2) is 27.1 Å². The topological polar surface area (TPSA) is 96.6 Å². The fraction of sp³-hybridized carbons (Fsp3) is 0.0667. The number of benzene rings is 1. The standard InChI is InChI=1S/C15H10ClN5O2/c1-23-14-7-18-15(22)5-12(14)11-4-9(16)2-3-13(11)21-8-10(6-17)19-20-21/h2-5,7-8H,1H3,(H,18,22). The maximum atomic E-state index is 11.7. The van der Waals surface area contributed by atoms with Crippen molar-refractivity contribution in [3.63, 3.8) is 0 Å². The third-order valence-corrected chi connectivity index (χ3v) is 3.44. The van der Waals surface area contributed by atoms with Crippen LogP contribution in [0.5, 0.6) is 5.75 Å². The Morgan fingerprint density at radius 2 is 2.17 bits per heavy atom. The van der Waals surface area contributed by atoms with Gasteiger partial charge in [-0.25, -0.2) is 4.68 Å². The maximum Gasteiger partial charge on any atom is 0.248 e. The Morgan fingerprint density at radius 1 is 1.35 bits per heavy atom. The van der Waals surface area contributed by atoms with Gasteiger partial charge in [0, 0.05) is 28.4 Å². The molecule has 0 saturated heterocycles. The van der Waals surface area contributed by atoms with Gasteiger partial charge in [0.15, 0.2) is 5.69 Å². The summed E-state index contributed by atoms with van der Waals surface area (Å²) in [7, 11) is 1.50. The summed E-state index contributed by atoms with van der Waals surface area (Å²) in [5.74, 6) is 0.480. The zero-order valence-corrected chi connectivity index (χ0v) is 12.7. The molecule has 1 N–H and O–H groups in total. The summed E-state index contributed by atoms with van der Waals surface area (Å²) in [6.07, 6.45) is 2.97. The lowest BCUT2D eigenvalue weighted by atomic mass is 10.0. The van der Waals surface area contributed by atoms with Gasteiger partial charge in [0.25, 0.3) is 0 Å². The summed E-state index contributed by atoms with van der Waals surface area (Å²) in [6.45, 7) is 0. The number of nitrogens with zero attached hydrogens (tertiary/aromatic N) is 4. The minimum Gasteiger partial charge on any atom is -0.495 e. The number of hydrogen-bond donors (Lipinski definition) is 1. The van der Waals surface area contributed by atoms with Gasteiger partial charge < -0.3 is 9.72 Å². The first kappa shape index (κ1) is 14.8. The number of hydrogen-bond acceptors (Lipinski definition) is 5. The van der Waals surface area contributed by atoms with E-state index >= 15 is 0 Å². The average Bonchev–Trinajstić information content (AvgIpc) is 3.03. The van der Waals surface area contributed by atoms with Crippen LogP contribution >= 0.6 is 11.6 Å². The van der Waals surface area contributed by atoms with Crippen LogP contribution in [0, 0.1) is 11.3 Å². The van der Waals surface area contributed by atoms with Crippen LogP contribution in [-0.2, 0) is 0 Å². The molecule has 0 bridgehead atoms. The second-order valence-electron chi connectivity index (χ2n) is 4.60. The molecule has 7 nitrogen and oxygen atoms in total. The zero-order valence-electron chi connectivity index (χ0n) is 11.9. The van der Waals surface area contributed by atoms with Crippen LogP contribution in [0.1, 0.15) is 5.69 Å². The van der Waals surface area contributed by atoms with Crippen LogP contribution in [0.3, 0.4) is 0 Å². The highest BCUT2D eigenvalue weighted by Crippen LogP contribution is 2.34. The molecule has 0 aliphatic rings. The molecule has 0 atom stereocenters. The van der Waals surface area contributed by atoms with Gasteiger partial charge in [-0.2, -0.15) is 5.26 Å². The zero-order chi connectivity index (χ0) is 16.4. The molecule has 23 heavy (non-hydrogen) atoms. The maximum absolute atomic E-state index is 11.7. The fourth-order valence-electron chi connectivity index (χ4n) is 2.19. The molecule has 114 valence electrons. The van der Waals surface area contributed by atoms with Crippen LogP contribution in [0.15, 0.2) is 41.5 Å². The molecule has 2 aromatic heterocycles. The third kappa shape index (κ3) is 2.80. The summed E-state index contributed by atoms with van der Waals surface area (Å²) in [4.78, 5) is 14.2. The molecular formula is C15H10ClN5O2. The van der Waals surface area contributed by atoms with Gasteiger partial charge in [0.1, 0.15) is 11.8 Å². The smallest absolute Gasteiger partial charge is 0.248 e.